The highest BCUT2D eigenvalue weighted by molar-refractivity contribution is 5.91. The Kier molecular flexibility index (Phi) is 11.5. The van der Waals surface area contributed by atoms with E-state index in [1.165, 1.54) is 30.7 Å². The molecular weight excluding hydrogens is 246 g/mol. The molecule has 0 aliphatic heterocycles. The monoisotopic (exact) mass is 275 g/mol. The van der Waals surface area contributed by atoms with Gasteiger partial charge in [0.2, 0.25) is 0 Å². The van der Waals surface area contributed by atoms with Crippen molar-refractivity contribution in [2.75, 3.05) is 26.2 Å². The smallest absolute Gasteiger partial charge is 0.312 e. The molecule has 1 atom stereocenters. The Hall–Kier alpha value is -1.10. The van der Waals surface area contributed by atoms with Gasteiger partial charge >= 0.3 is 5.97 Å². The van der Waals surface area contributed by atoms with Gasteiger partial charge in [-0.25, -0.2) is 0 Å². The van der Waals surface area contributed by atoms with Crippen LogP contribution in [0.5, 0.6) is 0 Å². The summed E-state index contributed by atoms with van der Waals surface area (Å²) in [6, 6.07) is 0. The van der Waals surface area contributed by atoms with E-state index in [9.17, 15) is 14.7 Å². The predicted octanol–water partition coefficient (Wildman–Crippen LogP) is 1.12. The number of carbonyl (C=O) groups excluding carboxylic acids is 1. The molecule has 0 saturated heterocycles. The number of quaternary nitrogens is 1. The summed E-state index contributed by atoms with van der Waals surface area (Å²) in [7, 11) is 0. The molecular formula is C14H29NO4. The van der Waals surface area contributed by atoms with E-state index in [4.69, 9.17) is 5.11 Å². The van der Waals surface area contributed by atoms with Crippen molar-refractivity contribution >= 4 is 11.9 Å². The highest BCUT2D eigenvalue weighted by Crippen LogP contribution is 2.04. The van der Waals surface area contributed by atoms with Gasteiger partial charge in [-0.1, -0.05) is 13.3 Å². The molecule has 0 aromatic heterocycles. The molecule has 0 amide bonds. The third kappa shape index (κ3) is 7.82. The van der Waals surface area contributed by atoms with Gasteiger partial charge in [0.15, 0.2) is 0 Å². The average molecular weight is 275 g/mol. The van der Waals surface area contributed by atoms with Gasteiger partial charge in [-0.15, -0.1) is 0 Å². The van der Waals surface area contributed by atoms with Gasteiger partial charge in [0.25, 0.3) is 0 Å². The van der Waals surface area contributed by atoms with Crippen LogP contribution in [0.4, 0.5) is 0 Å². The molecule has 0 rings (SSSR count). The van der Waals surface area contributed by atoms with E-state index >= 15 is 0 Å². The largest absolute Gasteiger partial charge is 0.549 e. The number of carboxylic acid groups (broad SMARTS) is 2. The van der Waals surface area contributed by atoms with Crippen molar-refractivity contribution in [2.24, 2.45) is 5.92 Å². The molecule has 0 fully saturated rings. The van der Waals surface area contributed by atoms with Crippen molar-refractivity contribution in [3.8, 4) is 0 Å². The Morgan fingerprint density at radius 2 is 1.37 bits per heavy atom. The first-order valence-corrected chi connectivity index (χ1v) is 7.12. The number of rotatable bonds is 8. The van der Waals surface area contributed by atoms with Crippen molar-refractivity contribution in [1.82, 2.24) is 0 Å². The van der Waals surface area contributed by atoms with Gasteiger partial charge in [0.1, 0.15) is 0 Å². The third-order valence-electron chi connectivity index (χ3n) is 3.84. The number of nitrogens with zero attached hydrogens (tertiary/aromatic N) is 1. The molecule has 1 N–H and O–H groups in total. The Labute approximate surface area is 116 Å². The topological polar surface area (TPSA) is 77.4 Å². The minimum absolute atomic E-state index is 0.137. The first-order chi connectivity index (χ1) is 8.83. The standard InChI is InChI=1S/C8H20N.C6H10O4/c1-5-9(6-2,7-3)8-4;1-2-3-4(5(7)8)6(9)10/h5-8H2,1-4H3;4H,2-3H2,1H3,(H,7,8)(H,9,10)/q+1;/p-1. The normalized spacial score (nSPS) is 12.3. The second-order valence-corrected chi connectivity index (χ2v) is 4.61. The van der Waals surface area contributed by atoms with E-state index in [1.807, 2.05) is 0 Å². The van der Waals surface area contributed by atoms with Crippen molar-refractivity contribution < 1.29 is 24.3 Å². The fourth-order valence-electron chi connectivity index (χ4n) is 1.97. The molecule has 5 heteroatoms. The molecule has 1 unspecified atom stereocenters. The summed E-state index contributed by atoms with van der Waals surface area (Å²) in [6.45, 7) is 15.9. The van der Waals surface area contributed by atoms with Gasteiger partial charge < -0.3 is 19.5 Å². The molecule has 0 bridgehead atoms. The van der Waals surface area contributed by atoms with Crippen LogP contribution in [0.2, 0.25) is 0 Å². The molecule has 0 aromatic rings. The molecule has 0 aliphatic rings. The average Bonchev–Trinajstić information content (AvgIpc) is 2.39. The van der Waals surface area contributed by atoms with Crippen molar-refractivity contribution in [2.45, 2.75) is 47.5 Å². The minimum atomic E-state index is -1.51. The van der Waals surface area contributed by atoms with E-state index in [2.05, 4.69) is 27.7 Å². The number of hydrogen-bond donors (Lipinski definition) is 1. The van der Waals surface area contributed by atoms with E-state index in [1.54, 1.807) is 6.92 Å². The zero-order valence-corrected chi connectivity index (χ0v) is 12.9. The Morgan fingerprint density at radius 3 is 1.42 bits per heavy atom. The van der Waals surface area contributed by atoms with Gasteiger partial charge in [-0.2, -0.15) is 0 Å². The summed E-state index contributed by atoms with van der Waals surface area (Å²) in [4.78, 5) is 20.1. The maximum atomic E-state index is 10.1. The number of hydrogen-bond acceptors (Lipinski definition) is 3. The lowest BCUT2D eigenvalue weighted by Gasteiger charge is -2.34. The first kappa shape index (κ1) is 20.2. The summed E-state index contributed by atoms with van der Waals surface area (Å²) >= 11 is 0. The molecule has 0 aliphatic carbocycles. The van der Waals surface area contributed by atoms with Crippen molar-refractivity contribution in [1.29, 1.82) is 0 Å². The Balaban J connectivity index is 0. The molecule has 5 nitrogen and oxygen atoms in total. The van der Waals surface area contributed by atoms with Crippen LogP contribution >= 0.6 is 0 Å². The zero-order chi connectivity index (χ0) is 15.5. The summed E-state index contributed by atoms with van der Waals surface area (Å²) in [6.07, 6.45) is 0.669. The second kappa shape index (κ2) is 10.8. The molecule has 19 heavy (non-hydrogen) atoms. The summed E-state index contributed by atoms with van der Waals surface area (Å²) in [5.74, 6) is -4.17. The van der Waals surface area contributed by atoms with E-state index in [0.717, 1.165) is 0 Å². The van der Waals surface area contributed by atoms with E-state index in [0.29, 0.717) is 6.42 Å². The molecule has 0 saturated carbocycles. The molecule has 0 aromatic carbocycles. The lowest BCUT2D eigenvalue weighted by atomic mass is 10.1. The molecule has 0 heterocycles. The second-order valence-electron chi connectivity index (χ2n) is 4.61. The lowest BCUT2D eigenvalue weighted by molar-refractivity contribution is -0.921. The van der Waals surface area contributed by atoms with Crippen LogP contribution in [0.15, 0.2) is 0 Å². The molecule has 0 radical (unpaired) electrons. The Morgan fingerprint density at radius 1 is 1.00 bits per heavy atom. The van der Waals surface area contributed by atoms with Crippen LogP contribution < -0.4 is 5.11 Å². The minimum Gasteiger partial charge on any atom is -0.549 e. The zero-order valence-electron chi connectivity index (χ0n) is 12.9. The molecule has 114 valence electrons. The van der Waals surface area contributed by atoms with Gasteiger partial charge in [0, 0.05) is 0 Å². The van der Waals surface area contributed by atoms with Crippen LogP contribution in [-0.4, -0.2) is 47.7 Å². The van der Waals surface area contributed by atoms with E-state index < -0.39 is 17.9 Å². The number of carboxylic acids is 2. The molecule has 0 spiro atoms. The highest BCUT2D eigenvalue weighted by atomic mass is 16.4. The first-order valence-electron chi connectivity index (χ1n) is 7.12. The van der Waals surface area contributed by atoms with Gasteiger partial charge in [0.05, 0.1) is 38.1 Å². The maximum Gasteiger partial charge on any atom is 0.312 e. The van der Waals surface area contributed by atoms with Crippen LogP contribution in [0.3, 0.4) is 0 Å². The SMILES string of the molecule is CCCC(C(=O)[O-])C(=O)O.CC[N+](CC)(CC)CC. The Bertz CT molecular complexity index is 231. The fraction of sp³-hybridized carbons (Fsp3) is 0.857. The highest BCUT2D eigenvalue weighted by Gasteiger charge is 2.17. The summed E-state index contributed by atoms with van der Waals surface area (Å²) in [5.41, 5.74) is 0. The quantitative estimate of drug-likeness (QED) is 0.532. The van der Waals surface area contributed by atoms with Crippen LogP contribution in [0, 0.1) is 5.92 Å². The number of aliphatic carboxylic acids is 2. The van der Waals surface area contributed by atoms with Crippen LogP contribution in [-0.2, 0) is 9.59 Å². The lowest BCUT2D eigenvalue weighted by Crippen LogP contribution is -2.47. The van der Waals surface area contributed by atoms with Crippen molar-refractivity contribution in [3.63, 3.8) is 0 Å². The summed E-state index contributed by atoms with van der Waals surface area (Å²) in [5, 5.41) is 18.3. The van der Waals surface area contributed by atoms with Crippen LogP contribution in [0.25, 0.3) is 0 Å². The maximum absolute atomic E-state index is 10.1. The third-order valence-corrected chi connectivity index (χ3v) is 3.84. The number of carbonyl (C=O) groups is 2. The fourth-order valence-corrected chi connectivity index (χ4v) is 1.97. The van der Waals surface area contributed by atoms with Gasteiger partial charge in [-0.3, -0.25) is 4.79 Å². The summed E-state index contributed by atoms with van der Waals surface area (Å²) < 4.78 is 1.28. The van der Waals surface area contributed by atoms with Crippen molar-refractivity contribution in [3.05, 3.63) is 0 Å². The van der Waals surface area contributed by atoms with Crippen LogP contribution in [0.1, 0.15) is 47.5 Å². The van der Waals surface area contributed by atoms with Gasteiger partial charge in [-0.05, 0) is 34.1 Å². The predicted molar refractivity (Wildman–Crippen MR) is 73.5 cm³/mol. The van der Waals surface area contributed by atoms with E-state index in [-0.39, 0.29) is 6.42 Å².